The maximum absolute atomic E-state index is 15.7. The Morgan fingerprint density at radius 3 is 1.60 bits per heavy atom. The van der Waals surface area contributed by atoms with E-state index in [-0.39, 0.29) is 108 Å². The number of fused-ring (bicyclic) bond motifs is 3. The fourth-order valence-electron chi connectivity index (χ4n) is 16.3. The molecule has 13 atom stereocenters. The van der Waals surface area contributed by atoms with Crippen molar-refractivity contribution in [3.63, 3.8) is 0 Å². The van der Waals surface area contributed by atoms with Gasteiger partial charge in [0.1, 0.15) is 95.9 Å². The monoisotopic (exact) mass is 1820 g/mol. The molecule has 4 heterocycles. The number of aliphatic carboxylic acids is 1. The number of H-pyrrole nitrogens is 1. The van der Waals surface area contributed by atoms with Gasteiger partial charge in [0, 0.05) is 89.2 Å². The topological polar surface area (TPSA) is 506 Å². The molecule has 9 rings (SSSR count). The lowest BCUT2D eigenvalue weighted by Gasteiger charge is -2.38. The Morgan fingerprint density at radius 2 is 1.02 bits per heavy atom. The molecule has 0 aliphatic carbocycles. The molecule has 0 spiro atoms. The number of amides is 15. The van der Waals surface area contributed by atoms with E-state index in [1.807, 2.05) is 6.92 Å². The number of nitrogens with zero attached hydrogens (tertiary/aromatic N) is 5. The molecule has 130 heavy (non-hydrogen) atoms. The Hall–Kier alpha value is -12.9. The summed E-state index contributed by atoms with van der Waals surface area (Å²) in [6.45, 7) is 7.35. The number of hydrogen-bond acceptors (Lipinski definition) is 19. The van der Waals surface area contributed by atoms with Crippen LogP contribution in [0.5, 0.6) is 5.75 Å². The largest absolute Gasteiger partial charge is 0.508 e. The molecule has 6 aromatic rings. The number of carbonyl (C=O) groups excluding carboxylic acids is 15. The highest BCUT2D eigenvalue weighted by Gasteiger charge is 2.46. The molecule has 700 valence electrons. The van der Waals surface area contributed by atoms with Gasteiger partial charge >= 0.3 is 5.97 Å². The van der Waals surface area contributed by atoms with Crippen LogP contribution in [-0.4, -0.2) is 272 Å². The molecule has 3 saturated heterocycles. The van der Waals surface area contributed by atoms with Gasteiger partial charge in [-0.1, -0.05) is 132 Å². The summed E-state index contributed by atoms with van der Waals surface area (Å²) in [6, 6.07) is 11.4. The van der Waals surface area contributed by atoms with E-state index in [1.54, 1.807) is 88.5 Å². The van der Waals surface area contributed by atoms with Crippen molar-refractivity contribution >= 4 is 117 Å². The number of carboxylic acid groups (broad SMARTS) is 1. The minimum absolute atomic E-state index is 0.00582. The summed E-state index contributed by atoms with van der Waals surface area (Å²) in [5.74, 6) is -18.8. The van der Waals surface area contributed by atoms with Gasteiger partial charge in [-0.05, 0) is 134 Å². The van der Waals surface area contributed by atoms with Crippen molar-refractivity contribution in [1.82, 2.24) is 77.3 Å². The number of aromatic nitrogens is 1. The second kappa shape index (κ2) is 48.0. The molecule has 15 amide bonds. The Kier molecular flexibility index (Phi) is 37.2. The third kappa shape index (κ3) is 28.1. The van der Waals surface area contributed by atoms with E-state index in [0.29, 0.717) is 51.6 Å². The standard InChI is InChI=1S/C92H119F2N17O18S/c1-9-10-22-73-91(128)111-40-17-24-72(111)86(123)104-68(47-78(115)116)84(121)106-79(53(4)5)92(129)108(7)74(44-57-27-33-60(94)34-28-57)87(124)100-64(37-38-95)89(126)110-39-16-23-71(110)85(122)103-67(46-58-48-97-63-21-15-14-20-62(58)63)83(120)102-66(42-56-29-35-61(112)36-30-56)82(119)101-65(41-52(2)3)81(118)105-70(80(117)98-49-76(96)113)50-130-51-77(114)99-69(43-55-25-31-59(93)32-26-55)88(125)109(8)75(90(127)107(73)6)45-54-18-12-11-13-19-54/h11-15,18-21,25-36,48,52-53,64-75,79,97,112H,9-10,16-17,22-24,37-47,49-51,95H2,1-8H3,(H2,96,113)(H,98,117)(H,99,114)(H,100,124)(H,101,119)(H,102,120)(H,103,122)(H,104,123)(H,105,118)(H,106,121)(H,115,116)/t64-,65+,66-,67-,68-,69+,70-,71+,72+,73-,74+,75-,79-/m0/s1. The lowest BCUT2D eigenvalue weighted by atomic mass is 9.98. The predicted molar refractivity (Wildman–Crippen MR) is 478 cm³/mol. The van der Waals surface area contributed by atoms with Crippen LogP contribution in [-0.2, 0) is 109 Å². The summed E-state index contributed by atoms with van der Waals surface area (Å²) in [5.41, 5.74) is 14.4. The molecule has 0 bridgehead atoms. The number of para-hydroxylation sites is 1. The van der Waals surface area contributed by atoms with E-state index in [0.717, 1.165) is 45.8 Å². The highest BCUT2D eigenvalue weighted by molar-refractivity contribution is 8.00. The first-order valence-corrected chi connectivity index (χ1v) is 44.8. The number of likely N-dealkylation sites (N-methyl/N-ethyl adjacent to an activating group) is 3. The molecule has 5 aromatic carbocycles. The molecule has 0 radical (unpaired) electrons. The van der Waals surface area contributed by atoms with Gasteiger partial charge in [0.05, 0.1) is 18.7 Å². The van der Waals surface area contributed by atoms with Crippen molar-refractivity contribution in [1.29, 1.82) is 0 Å². The average molecular weight is 1820 g/mol. The number of phenols is 1. The smallest absolute Gasteiger partial charge is 0.305 e. The van der Waals surface area contributed by atoms with Gasteiger partial charge in [-0.25, -0.2) is 8.78 Å². The fraction of sp³-hybridized carbons (Fsp3) is 0.478. The van der Waals surface area contributed by atoms with Gasteiger partial charge in [0.25, 0.3) is 0 Å². The van der Waals surface area contributed by atoms with Crippen molar-refractivity contribution in [3.05, 3.63) is 173 Å². The highest BCUT2D eigenvalue weighted by Crippen LogP contribution is 2.28. The van der Waals surface area contributed by atoms with Crippen LogP contribution in [0.3, 0.4) is 0 Å². The zero-order chi connectivity index (χ0) is 94.7. The van der Waals surface area contributed by atoms with Gasteiger partial charge in [-0.2, -0.15) is 0 Å². The van der Waals surface area contributed by atoms with Gasteiger partial charge in [0.2, 0.25) is 88.6 Å². The third-order valence-corrected chi connectivity index (χ3v) is 24.4. The zero-order valence-electron chi connectivity index (χ0n) is 74.2. The molecular weight excluding hydrogens is 1700 g/mol. The Bertz CT molecular complexity index is 5010. The molecule has 16 N–H and O–H groups in total. The quantitative estimate of drug-likeness (QED) is 0.0436. The highest BCUT2D eigenvalue weighted by atomic mass is 32.2. The van der Waals surface area contributed by atoms with Crippen molar-refractivity contribution in [2.24, 2.45) is 23.3 Å². The molecule has 0 unspecified atom stereocenters. The number of carboxylic acids is 1. The summed E-state index contributed by atoms with van der Waals surface area (Å²) in [7, 11) is 3.93. The number of nitrogens with one attached hydrogen (secondary N) is 10. The molecule has 38 heteroatoms. The Morgan fingerprint density at radius 1 is 0.515 bits per heavy atom. The molecule has 1 aromatic heterocycles. The van der Waals surface area contributed by atoms with Crippen LogP contribution < -0.4 is 59.3 Å². The van der Waals surface area contributed by atoms with Crippen molar-refractivity contribution in [3.8, 4) is 5.75 Å². The Labute approximate surface area is 756 Å². The number of unbranched alkanes of at least 4 members (excludes halogenated alkanes) is 1. The van der Waals surface area contributed by atoms with E-state index in [4.69, 9.17) is 11.5 Å². The SMILES string of the molecule is CCCC[C@H]1C(=O)N2CCC[C@@H]2C(=O)N[C@@H](CC(=O)O)C(=O)N[C@@H](C(C)C)C(=O)N(C)[C@H](Cc2ccc(F)cc2)C(=O)N[C@@H](CCN)C(=O)N2CCC[C@@H]2C(=O)N[C@@H](Cc2c[nH]c3ccccc23)C(=O)N[C@@H](Cc2ccc(O)cc2)C(=O)N[C@H](CC(C)C)C(=O)N[C@H](C(=O)NCC(N)=O)CSCC(=O)N[C@H](Cc2ccc(F)cc2)C(=O)N(C)[C@@H](Cc2ccccc2)C(=O)N1C. The zero-order valence-corrected chi connectivity index (χ0v) is 75.0. The number of benzene rings is 5. The second-order valence-electron chi connectivity index (χ2n) is 33.9. The first-order valence-electron chi connectivity index (χ1n) is 43.7. The van der Waals surface area contributed by atoms with Crippen LogP contribution in [0, 0.1) is 23.5 Å². The molecule has 3 aliphatic rings. The number of carbonyl (C=O) groups is 16. The summed E-state index contributed by atoms with van der Waals surface area (Å²) in [6.07, 6.45) is 0.191. The number of aromatic hydroxyl groups is 1. The summed E-state index contributed by atoms with van der Waals surface area (Å²) in [5, 5.41) is 45.4. The molecule has 3 aliphatic heterocycles. The van der Waals surface area contributed by atoms with Crippen molar-refractivity contribution in [2.45, 2.75) is 209 Å². The first-order chi connectivity index (χ1) is 61.9. The molecule has 35 nitrogen and oxygen atoms in total. The first kappa shape index (κ1) is 101. The maximum Gasteiger partial charge on any atom is 0.305 e. The van der Waals surface area contributed by atoms with Crippen LogP contribution in [0.4, 0.5) is 8.78 Å². The lowest BCUT2D eigenvalue weighted by molar-refractivity contribution is -0.152. The lowest BCUT2D eigenvalue weighted by Crippen LogP contribution is -2.62. The minimum atomic E-state index is -1.93. The van der Waals surface area contributed by atoms with E-state index in [9.17, 15) is 52.6 Å². The van der Waals surface area contributed by atoms with Gasteiger partial charge in [0.15, 0.2) is 0 Å². The van der Waals surface area contributed by atoms with E-state index >= 15 is 43.2 Å². The van der Waals surface area contributed by atoms with Crippen LogP contribution in [0.1, 0.15) is 127 Å². The van der Waals surface area contributed by atoms with Crippen LogP contribution >= 0.6 is 11.8 Å². The summed E-state index contributed by atoms with van der Waals surface area (Å²) >= 11 is 0.789. The molecular formula is C92H119F2N17O18S. The maximum atomic E-state index is 15.7. The van der Waals surface area contributed by atoms with E-state index < -0.39 is 215 Å². The number of halogens is 2. The van der Waals surface area contributed by atoms with Crippen molar-refractivity contribution in [2.75, 3.05) is 58.8 Å². The number of hydrogen-bond donors (Lipinski definition) is 14. The number of rotatable bonds is 23. The predicted octanol–water partition coefficient (Wildman–Crippen LogP) is 2.07. The number of phenolic OH excluding ortho intramolecular Hbond substituents is 1. The van der Waals surface area contributed by atoms with Crippen LogP contribution in [0.2, 0.25) is 0 Å². The third-order valence-electron chi connectivity index (χ3n) is 23.4. The Balaban J connectivity index is 1.12. The number of thioether (sulfide) groups is 1. The van der Waals surface area contributed by atoms with Gasteiger partial charge in [-0.3, -0.25) is 76.7 Å². The van der Waals surface area contributed by atoms with Gasteiger partial charge in [-0.15, -0.1) is 11.8 Å². The average Bonchev–Trinajstić information content (AvgIpc) is 1.42. The summed E-state index contributed by atoms with van der Waals surface area (Å²) < 4.78 is 29.2. The van der Waals surface area contributed by atoms with Crippen LogP contribution in [0.15, 0.2) is 134 Å². The van der Waals surface area contributed by atoms with E-state index in [1.165, 1.54) is 84.4 Å². The second-order valence-corrected chi connectivity index (χ2v) is 35.0. The number of aromatic amines is 1. The van der Waals surface area contributed by atoms with Crippen LogP contribution in [0.25, 0.3) is 10.9 Å². The van der Waals surface area contributed by atoms with Crippen molar-refractivity contribution < 1.29 is 95.7 Å². The molecule has 3 fully saturated rings. The summed E-state index contributed by atoms with van der Waals surface area (Å²) in [4.78, 5) is 246. The number of nitrogens with two attached hydrogens (primary N) is 2. The molecule has 0 saturated carbocycles. The fourth-order valence-corrected chi connectivity index (χ4v) is 17.1. The number of primary amides is 1. The van der Waals surface area contributed by atoms with E-state index in [2.05, 4.69) is 52.8 Å². The minimum Gasteiger partial charge on any atom is -0.508 e. The normalized spacial score (nSPS) is 23.9. The van der Waals surface area contributed by atoms with Gasteiger partial charge < -0.3 is 99.0 Å².